The molecular formula is C29H21F9O3S3. The third-order valence-corrected chi connectivity index (χ3v) is 10.0. The first-order valence-corrected chi connectivity index (χ1v) is 15.6. The number of hydrogen-bond acceptors (Lipinski definition) is 4. The Balaban J connectivity index is 0.000000271. The molecule has 0 aliphatic carbocycles. The molecule has 0 saturated carbocycles. The van der Waals surface area contributed by atoms with E-state index in [0.717, 1.165) is 0 Å². The zero-order chi connectivity index (χ0) is 33.0. The summed E-state index contributed by atoms with van der Waals surface area (Å²) in [7, 11) is -7.51. The van der Waals surface area contributed by atoms with Crippen molar-refractivity contribution in [1.82, 2.24) is 0 Å². The first-order chi connectivity index (χ1) is 20.3. The van der Waals surface area contributed by atoms with E-state index in [1.165, 1.54) is 30.0 Å². The molecular weight excluding hydrogens is 663 g/mol. The van der Waals surface area contributed by atoms with Crippen LogP contribution in [-0.4, -0.2) is 36.2 Å². The molecule has 0 aliphatic heterocycles. The lowest BCUT2D eigenvalue weighted by molar-refractivity contribution is -0.382. The Morgan fingerprint density at radius 3 is 1.43 bits per heavy atom. The van der Waals surface area contributed by atoms with Crippen LogP contribution in [0.5, 0.6) is 0 Å². The van der Waals surface area contributed by atoms with Gasteiger partial charge in [-0.2, -0.15) is 39.5 Å². The number of aryl methyl sites for hydroxylation is 1. The van der Waals surface area contributed by atoms with E-state index >= 15 is 0 Å². The molecule has 0 bridgehead atoms. The van der Waals surface area contributed by atoms with Gasteiger partial charge in [-0.05, 0) is 67.1 Å². The van der Waals surface area contributed by atoms with E-state index in [9.17, 15) is 52.5 Å². The third kappa shape index (κ3) is 7.56. The zero-order valence-electron chi connectivity index (χ0n) is 22.2. The minimum atomic E-state index is -7.43. The van der Waals surface area contributed by atoms with Gasteiger partial charge >= 0.3 is 23.3 Å². The lowest BCUT2D eigenvalue weighted by Crippen LogP contribution is -2.63. The van der Waals surface area contributed by atoms with Crippen LogP contribution in [0.2, 0.25) is 0 Å². The molecule has 4 aromatic rings. The van der Waals surface area contributed by atoms with Crippen molar-refractivity contribution in [2.45, 2.75) is 54.7 Å². The third-order valence-electron chi connectivity index (χ3n) is 5.74. The number of hydrogen-bond donors (Lipinski definition) is 0. The molecule has 0 heterocycles. The van der Waals surface area contributed by atoms with E-state index in [-0.39, 0.29) is 10.9 Å². The molecule has 0 amide bonds. The van der Waals surface area contributed by atoms with Gasteiger partial charge in [0.05, 0.1) is 10.9 Å². The predicted molar refractivity (Wildman–Crippen MR) is 147 cm³/mol. The van der Waals surface area contributed by atoms with Gasteiger partial charge in [-0.15, -0.1) is 0 Å². The largest absolute Gasteiger partial charge is 0.743 e. The van der Waals surface area contributed by atoms with Gasteiger partial charge in [0.2, 0.25) is 0 Å². The van der Waals surface area contributed by atoms with Crippen molar-refractivity contribution < 1.29 is 52.5 Å². The van der Waals surface area contributed by atoms with Gasteiger partial charge < -0.3 is 4.55 Å². The van der Waals surface area contributed by atoms with Gasteiger partial charge in [0, 0.05) is 9.79 Å². The van der Waals surface area contributed by atoms with E-state index in [2.05, 4.69) is 116 Å². The Hall–Kier alpha value is -3.14. The molecule has 0 spiro atoms. The van der Waals surface area contributed by atoms with E-state index < -0.39 is 33.4 Å². The fraction of sp³-hybridized carbons (Fsp3) is 0.172. The number of benzene rings is 4. The predicted octanol–water partition coefficient (Wildman–Crippen LogP) is 9.20. The maximum atomic E-state index is 12.2. The van der Waals surface area contributed by atoms with Gasteiger partial charge in [-0.3, -0.25) is 0 Å². The topological polar surface area (TPSA) is 57.2 Å². The highest BCUT2D eigenvalue weighted by Crippen LogP contribution is 2.54. The monoisotopic (exact) mass is 684 g/mol. The van der Waals surface area contributed by atoms with Gasteiger partial charge in [-0.1, -0.05) is 66.4 Å². The molecule has 0 aliphatic rings. The normalized spacial score (nSPS) is 12.9. The van der Waals surface area contributed by atoms with Crippen molar-refractivity contribution in [2.75, 3.05) is 0 Å². The van der Waals surface area contributed by atoms with Crippen molar-refractivity contribution in [3.05, 3.63) is 115 Å². The Morgan fingerprint density at radius 2 is 1.05 bits per heavy atom. The van der Waals surface area contributed by atoms with Crippen LogP contribution in [0.1, 0.15) is 5.56 Å². The number of rotatable bonds is 8. The molecule has 0 saturated heterocycles. The molecule has 0 fully saturated rings. The molecule has 15 heteroatoms. The van der Waals surface area contributed by atoms with Gasteiger partial charge in [-0.25, -0.2) is 8.42 Å². The van der Waals surface area contributed by atoms with E-state index in [4.69, 9.17) is 0 Å². The maximum Gasteiger partial charge on any atom is 0.460 e. The maximum absolute atomic E-state index is 12.2. The molecule has 0 N–H and O–H groups in total. The standard InChI is InChI=1S/C25H21S2.C4HF9O3S/c1-20-19-24(17-18-25(20)26-21-11-5-2-6-12-21)27(22-13-7-3-8-14-22)23-15-9-4-10-16-23;5-1(6,3(9,10)11)2(7,8)4(12,13)17(14,15)16/h2-19H,1H3;(H,14,15,16)/q+1;/p-1. The molecule has 0 unspecified atom stereocenters. The van der Waals surface area contributed by atoms with Crippen molar-refractivity contribution in [3.63, 3.8) is 0 Å². The second-order valence-corrected chi connectivity index (χ2v) is 13.5. The SMILES string of the molecule is Cc1cc([S+](c2ccccc2)c2ccccc2)ccc1Sc1ccccc1.O=S(=O)([O-])C(F)(F)C(F)(F)C(F)(F)C(F)(F)F. The van der Waals surface area contributed by atoms with Crippen LogP contribution in [0.4, 0.5) is 39.5 Å². The van der Waals surface area contributed by atoms with Gasteiger partial charge in [0.25, 0.3) is 0 Å². The number of alkyl halides is 9. The van der Waals surface area contributed by atoms with E-state index in [1.54, 1.807) is 0 Å². The summed E-state index contributed by atoms with van der Waals surface area (Å²) in [5, 5.41) is -7.11. The Morgan fingerprint density at radius 1 is 0.614 bits per heavy atom. The van der Waals surface area contributed by atoms with Gasteiger partial charge in [0.15, 0.2) is 24.8 Å². The fourth-order valence-electron chi connectivity index (χ4n) is 3.52. The molecule has 3 nitrogen and oxygen atoms in total. The second kappa shape index (κ2) is 13.5. The molecule has 44 heavy (non-hydrogen) atoms. The zero-order valence-corrected chi connectivity index (χ0v) is 24.7. The Labute approximate surface area is 254 Å². The smallest absolute Gasteiger partial charge is 0.460 e. The van der Waals surface area contributed by atoms with E-state index in [0.29, 0.717) is 0 Å². The van der Waals surface area contributed by atoms with Crippen molar-refractivity contribution in [3.8, 4) is 0 Å². The Bertz CT molecular complexity index is 1600. The first-order valence-electron chi connectivity index (χ1n) is 12.1. The summed E-state index contributed by atoms with van der Waals surface area (Å²) in [5.74, 6) is -14.8. The molecule has 0 radical (unpaired) electrons. The molecule has 4 aromatic carbocycles. The lowest BCUT2D eigenvalue weighted by atomic mass is 10.1. The van der Waals surface area contributed by atoms with Crippen molar-refractivity contribution >= 4 is 32.8 Å². The van der Waals surface area contributed by atoms with Crippen LogP contribution in [0.15, 0.2) is 134 Å². The lowest BCUT2D eigenvalue weighted by Gasteiger charge is -2.34. The summed E-state index contributed by atoms with van der Waals surface area (Å²) in [6.07, 6.45) is -7.16. The summed E-state index contributed by atoms with van der Waals surface area (Å²) >= 11 is 1.83. The molecule has 236 valence electrons. The Kier molecular flexibility index (Phi) is 10.8. The quantitative estimate of drug-likeness (QED) is 0.106. The first kappa shape index (κ1) is 35.3. The number of halogens is 9. The summed E-state index contributed by atoms with van der Waals surface area (Å²) in [5.41, 5.74) is 1.32. The average molecular weight is 685 g/mol. The average Bonchev–Trinajstić information content (AvgIpc) is 2.95. The van der Waals surface area contributed by atoms with Gasteiger partial charge in [0.1, 0.15) is 0 Å². The van der Waals surface area contributed by atoms with E-state index in [1.807, 2.05) is 11.8 Å². The van der Waals surface area contributed by atoms with Crippen LogP contribution in [0.25, 0.3) is 0 Å². The van der Waals surface area contributed by atoms with Crippen LogP contribution >= 0.6 is 11.8 Å². The van der Waals surface area contributed by atoms with Crippen LogP contribution in [0.3, 0.4) is 0 Å². The van der Waals surface area contributed by atoms with Crippen LogP contribution in [-0.2, 0) is 21.0 Å². The molecule has 0 atom stereocenters. The fourth-order valence-corrected chi connectivity index (χ4v) is 7.04. The highest BCUT2D eigenvalue weighted by atomic mass is 32.2. The second-order valence-electron chi connectivity index (χ2n) is 8.89. The molecule has 4 rings (SSSR count). The highest BCUT2D eigenvalue weighted by Gasteiger charge is 2.83. The van der Waals surface area contributed by atoms with Crippen molar-refractivity contribution in [2.24, 2.45) is 0 Å². The summed E-state index contributed by atoms with van der Waals surface area (Å²) < 4.78 is 135. The summed E-state index contributed by atoms with van der Waals surface area (Å²) in [6, 6.07) is 39.1. The summed E-state index contributed by atoms with van der Waals surface area (Å²) in [6.45, 7) is 2.21. The van der Waals surface area contributed by atoms with Crippen molar-refractivity contribution in [1.29, 1.82) is 0 Å². The van der Waals surface area contributed by atoms with Crippen LogP contribution in [0, 0.1) is 6.92 Å². The summed E-state index contributed by atoms with van der Waals surface area (Å²) in [4.78, 5) is 6.66. The minimum absolute atomic E-state index is 0.0889. The molecule has 0 aromatic heterocycles. The highest BCUT2D eigenvalue weighted by molar-refractivity contribution is 7.99. The van der Waals surface area contributed by atoms with Crippen LogP contribution < -0.4 is 0 Å². The minimum Gasteiger partial charge on any atom is -0.743 e.